The zero-order valence-electron chi connectivity index (χ0n) is 52.8. The quantitative estimate of drug-likeness (QED) is 0.0261. The Balaban J connectivity index is 4.03. The van der Waals surface area contributed by atoms with E-state index in [9.17, 15) is 14.4 Å². The Labute approximate surface area is 496 Å². The van der Waals surface area contributed by atoms with E-state index in [1.807, 2.05) is 0 Å². The van der Waals surface area contributed by atoms with Crippen LogP contribution in [0.5, 0.6) is 0 Å². The maximum atomic E-state index is 12.8. The molecule has 0 bridgehead atoms. The van der Waals surface area contributed by atoms with E-state index >= 15 is 0 Å². The molecule has 0 saturated heterocycles. The van der Waals surface area contributed by atoms with Gasteiger partial charge in [0.25, 0.3) is 0 Å². The van der Waals surface area contributed by atoms with Crippen LogP contribution in [0.25, 0.3) is 0 Å². The summed E-state index contributed by atoms with van der Waals surface area (Å²) in [7, 11) is 0. The van der Waals surface area contributed by atoms with Crippen LogP contribution in [0.15, 0.2) is 97.2 Å². The van der Waals surface area contributed by atoms with E-state index < -0.39 is 6.10 Å². The van der Waals surface area contributed by atoms with Crippen molar-refractivity contribution < 1.29 is 28.6 Å². The smallest absolute Gasteiger partial charge is 0.306 e. The topological polar surface area (TPSA) is 78.9 Å². The summed E-state index contributed by atoms with van der Waals surface area (Å²) in [6.45, 7) is 6.46. The Kier molecular flexibility index (Phi) is 64.7. The molecule has 0 N–H and O–H groups in total. The Hall–Kier alpha value is -3.67. The summed E-state index contributed by atoms with van der Waals surface area (Å²) in [6, 6.07) is 0. The fourth-order valence-electron chi connectivity index (χ4n) is 9.71. The van der Waals surface area contributed by atoms with Crippen LogP contribution in [0.3, 0.4) is 0 Å². The lowest BCUT2D eigenvalue weighted by Crippen LogP contribution is -2.30. The van der Waals surface area contributed by atoms with Crippen molar-refractivity contribution in [1.82, 2.24) is 0 Å². The van der Waals surface area contributed by atoms with Crippen LogP contribution >= 0.6 is 0 Å². The molecule has 0 aliphatic carbocycles. The highest BCUT2D eigenvalue weighted by molar-refractivity contribution is 5.71. The third-order valence-corrected chi connectivity index (χ3v) is 14.8. The molecule has 0 aliphatic heterocycles. The summed E-state index contributed by atoms with van der Waals surface area (Å²) in [4.78, 5) is 38.1. The predicted molar refractivity (Wildman–Crippen MR) is 348 cm³/mol. The minimum Gasteiger partial charge on any atom is -0.462 e. The highest BCUT2D eigenvalue weighted by Crippen LogP contribution is 2.17. The minimum absolute atomic E-state index is 0.0853. The van der Waals surface area contributed by atoms with Gasteiger partial charge in [0.05, 0.1) is 0 Å². The number of ether oxygens (including phenoxy) is 3. The van der Waals surface area contributed by atoms with Gasteiger partial charge in [0, 0.05) is 19.3 Å². The van der Waals surface area contributed by atoms with Gasteiger partial charge in [-0.15, -0.1) is 0 Å². The van der Waals surface area contributed by atoms with Crippen molar-refractivity contribution in [2.45, 2.75) is 341 Å². The Morgan fingerprint density at radius 1 is 0.263 bits per heavy atom. The average Bonchev–Trinajstić information content (AvgIpc) is 3.46. The maximum Gasteiger partial charge on any atom is 0.306 e. The van der Waals surface area contributed by atoms with Crippen molar-refractivity contribution in [3.63, 3.8) is 0 Å². The standard InChI is InChI=1S/C74H128O6/c1-4-7-10-13-16-18-20-22-24-26-28-30-32-33-34-35-36-37-38-39-40-41-43-44-46-48-50-52-54-56-58-61-64-67-73(76)79-70-71(69-78-72(75)66-63-60-15-12-9-6-3)80-74(77)68-65-62-59-57-55-53-51-49-47-45-42-31-29-27-25-23-21-19-17-14-11-8-5-2/h8,11,17,19-20,22-23,25-26,28-29,31,45,47,51,53,71H,4-7,9-10,12-16,18,21,24,27,30,32-44,46,48-50,52,54-70H2,1-3H3/b11-8-,19-17-,22-20-,25-23-,28-26-,31-29-,47-45-,53-51-. The van der Waals surface area contributed by atoms with Gasteiger partial charge < -0.3 is 14.2 Å². The molecule has 0 fully saturated rings. The van der Waals surface area contributed by atoms with Gasteiger partial charge in [0.15, 0.2) is 6.10 Å². The molecule has 0 rings (SSSR count). The highest BCUT2D eigenvalue weighted by Gasteiger charge is 2.19. The van der Waals surface area contributed by atoms with Gasteiger partial charge in [-0.05, 0) is 103 Å². The van der Waals surface area contributed by atoms with E-state index in [1.165, 1.54) is 180 Å². The van der Waals surface area contributed by atoms with Crippen molar-refractivity contribution in [2.75, 3.05) is 13.2 Å². The molecule has 80 heavy (non-hydrogen) atoms. The van der Waals surface area contributed by atoms with E-state index in [0.29, 0.717) is 19.3 Å². The lowest BCUT2D eigenvalue weighted by Gasteiger charge is -2.18. The van der Waals surface area contributed by atoms with E-state index in [-0.39, 0.29) is 31.1 Å². The monoisotopic (exact) mass is 1110 g/mol. The molecule has 6 heteroatoms. The summed E-state index contributed by atoms with van der Waals surface area (Å²) in [6.07, 6.45) is 91.9. The predicted octanol–water partition coefficient (Wildman–Crippen LogP) is 23.6. The van der Waals surface area contributed by atoms with Gasteiger partial charge >= 0.3 is 17.9 Å². The van der Waals surface area contributed by atoms with Crippen LogP contribution in [0.2, 0.25) is 0 Å². The molecule has 460 valence electrons. The fourth-order valence-corrected chi connectivity index (χ4v) is 9.71. The van der Waals surface area contributed by atoms with Crippen LogP contribution in [0.4, 0.5) is 0 Å². The summed E-state index contributed by atoms with van der Waals surface area (Å²) < 4.78 is 16.8. The molecular formula is C74H128O6. The first kappa shape index (κ1) is 76.3. The van der Waals surface area contributed by atoms with E-state index in [0.717, 1.165) is 116 Å². The van der Waals surface area contributed by atoms with Crippen LogP contribution in [-0.4, -0.2) is 37.2 Å². The summed E-state index contributed by atoms with van der Waals surface area (Å²) in [5.41, 5.74) is 0. The molecular weight excluding hydrogens is 985 g/mol. The van der Waals surface area contributed by atoms with Crippen molar-refractivity contribution in [3.8, 4) is 0 Å². The molecule has 0 radical (unpaired) electrons. The SMILES string of the molecule is CC/C=C\C/C=C\C/C=C\C/C=C\C/C=C\C/C=C\CCCCCCC(=O)OC(COC(=O)CCCCCCCC)COC(=O)CCCCCCCCCCCCCCCCCCCCCCC/C=C\C/C=C\CCCCCCC. The fraction of sp³-hybridized carbons (Fsp3) is 0.743. The van der Waals surface area contributed by atoms with E-state index in [1.54, 1.807) is 0 Å². The highest BCUT2D eigenvalue weighted by atomic mass is 16.6. The largest absolute Gasteiger partial charge is 0.462 e. The van der Waals surface area contributed by atoms with Gasteiger partial charge in [-0.25, -0.2) is 0 Å². The second kappa shape index (κ2) is 67.8. The van der Waals surface area contributed by atoms with Crippen molar-refractivity contribution in [3.05, 3.63) is 97.2 Å². The second-order valence-electron chi connectivity index (χ2n) is 22.7. The van der Waals surface area contributed by atoms with Crippen molar-refractivity contribution in [1.29, 1.82) is 0 Å². The molecule has 0 saturated carbocycles. The molecule has 6 nitrogen and oxygen atoms in total. The molecule has 1 atom stereocenters. The normalized spacial score (nSPS) is 12.7. The van der Waals surface area contributed by atoms with Gasteiger partial charge in [0.1, 0.15) is 13.2 Å². The molecule has 0 aromatic heterocycles. The first-order valence-electron chi connectivity index (χ1n) is 34.2. The Morgan fingerprint density at radius 3 is 0.762 bits per heavy atom. The molecule has 0 aromatic rings. The zero-order chi connectivity index (χ0) is 57.8. The van der Waals surface area contributed by atoms with Crippen molar-refractivity contribution >= 4 is 17.9 Å². The Bertz CT molecular complexity index is 1560. The number of hydrogen-bond donors (Lipinski definition) is 0. The molecule has 0 aromatic carbocycles. The molecule has 0 spiro atoms. The summed E-state index contributed by atoms with van der Waals surface area (Å²) in [5.74, 6) is -0.910. The van der Waals surface area contributed by atoms with E-state index in [4.69, 9.17) is 14.2 Å². The zero-order valence-corrected chi connectivity index (χ0v) is 52.8. The summed E-state index contributed by atoms with van der Waals surface area (Å²) in [5, 5.41) is 0. The summed E-state index contributed by atoms with van der Waals surface area (Å²) >= 11 is 0. The number of carbonyl (C=O) groups is 3. The van der Waals surface area contributed by atoms with Gasteiger partial charge in [0.2, 0.25) is 0 Å². The first-order valence-corrected chi connectivity index (χ1v) is 34.2. The third-order valence-electron chi connectivity index (χ3n) is 14.8. The van der Waals surface area contributed by atoms with Gasteiger partial charge in [-0.2, -0.15) is 0 Å². The molecule has 0 heterocycles. The molecule has 0 amide bonds. The van der Waals surface area contributed by atoms with Crippen LogP contribution in [-0.2, 0) is 28.6 Å². The van der Waals surface area contributed by atoms with E-state index in [2.05, 4.69) is 118 Å². The number of carbonyl (C=O) groups excluding carboxylic acids is 3. The second-order valence-corrected chi connectivity index (χ2v) is 22.7. The lowest BCUT2D eigenvalue weighted by molar-refractivity contribution is -0.167. The number of rotatable bonds is 62. The number of hydrogen-bond acceptors (Lipinski definition) is 6. The van der Waals surface area contributed by atoms with Crippen LogP contribution in [0, 0.1) is 0 Å². The van der Waals surface area contributed by atoms with Crippen molar-refractivity contribution in [2.24, 2.45) is 0 Å². The lowest BCUT2D eigenvalue weighted by atomic mass is 10.0. The van der Waals surface area contributed by atoms with Crippen LogP contribution < -0.4 is 0 Å². The average molecular weight is 1110 g/mol. The van der Waals surface area contributed by atoms with Gasteiger partial charge in [-0.3, -0.25) is 14.4 Å². The number of esters is 3. The third kappa shape index (κ3) is 65.1. The Morgan fingerprint density at radius 2 is 0.487 bits per heavy atom. The number of allylic oxidation sites excluding steroid dienone is 16. The van der Waals surface area contributed by atoms with Gasteiger partial charge in [-0.1, -0.05) is 311 Å². The van der Waals surface area contributed by atoms with Crippen LogP contribution in [0.1, 0.15) is 335 Å². The first-order chi connectivity index (χ1) is 39.5. The molecule has 0 aliphatic rings. The molecule has 1 unspecified atom stereocenters. The minimum atomic E-state index is -0.788. The number of unbranched alkanes of at least 4 members (excludes halogenated alkanes) is 35. The maximum absolute atomic E-state index is 12.8.